The molecule has 116 heavy (non-hydrogen) atoms. The lowest BCUT2D eigenvalue weighted by atomic mass is 9.85. The van der Waals surface area contributed by atoms with Gasteiger partial charge in [-0.15, -0.1) is 11.3 Å². The van der Waals surface area contributed by atoms with Crippen LogP contribution < -0.4 is 47.5 Å². The van der Waals surface area contributed by atoms with E-state index in [-0.39, 0.29) is 129 Å². The molecule has 13 rings (SSSR count). The Bertz CT molecular complexity index is 4950. The molecule has 1 aromatic carbocycles. The zero-order valence-electron chi connectivity index (χ0n) is 66.9. The van der Waals surface area contributed by atoms with Gasteiger partial charge in [0.1, 0.15) is 35.0 Å². The first-order valence-electron chi connectivity index (χ1n) is 39.6. The second kappa shape index (κ2) is 39.5. The molecule has 5 aliphatic rings. The highest BCUT2D eigenvalue weighted by Crippen LogP contribution is 2.36. The van der Waals surface area contributed by atoms with E-state index in [0.29, 0.717) is 77.5 Å². The number of nitrogens with zero attached hydrogens (tertiary/aromatic N) is 13. The number of aliphatic hydroxyl groups is 1. The summed E-state index contributed by atoms with van der Waals surface area (Å²) in [5.41, 5.74) is 8.13. The number of Topliss-reactive ketones (excluding diaryl/α,β-unsaturated/α-hetero) is 2. The zero-order valence-corrected chi connectivity index (χ0v) is 67.8. The number of fused-ring (bicyclic) bond motifs is 2. The molecule has 33 nitrogen and oxygen atoms in total. The fourth-order valence-corrected chi connectivity index (χ4v) is 16.1. The van der Waals surface area contributed by atoms with Crippen LogP contribution in [0.15, 0.2) is 88.4 Å². The number of carboxylic acid groups (broad SMARTS) is 2. The summed E-state index contributed by atoms with van der Waals surface area (Å²) in [6.45, 7) is 20.5. The number of β-amino-alcohol motifs (C(OH)–C–C–N with tert-alkyl or cyclic N) is 1. The standard InChI is InChI=1S/C52H65N11O8S.C24H29N7O2.C6H10O5/c1-31-39-28-55-51(59-47(39)63(36-9-7-8-10-36)49(69)44(31)33(3)64)57-41-16-15-37(27-53-41)60-19-21-61(22-20-60)43(67)18-24-71-23-17-42(66)58-46(52(4,5)6)50(70)62-29-38(65)25-40(62)48(68)54-26-34-11-13-35(14-12-34)45-32(2)56-30-72-45;1-15-19-14-27-24(28-20-8-7-18(13-26-20)30-11-9-25-10-12-30)29-22(19)31(17-5-3-4-6-17)23(33)21(15)16(2)32;7-5(8)1-3-11-4-2-6(9)10/h11-16,27-28,30,36,38,40,46,65H,7-10,17-26,29H2,1-6H3,(H,54,68)(H,58,66)(H,53,55,57,59);7-8,13-14,17,25H,3-6,9-12H2,1-2H3,(H,26,27,28,29);1-4H2,(H,7,8)(H,9,10)/t38-,40+,46-;;/m1../s1. The predicted octanol–water partition coefficient (Wildman–Crippen LogP) is 8.16. The molecule has 0 radical (unpaired) electrons. The number of ketones is 2. The van der Waals surface area contributed by atoms with Gasteiger partial charge in [0.25, 0.3) is 11.1 Å². The molecular weight excluding hydrogens is 1510 g/mol. The molecule has 34 heteroatoms. The molecule has 2 aliphatic carbocycles. The number of benzene rings is 1. The molecule has 618 valence electrons. The molecule has 5 fully saturated rings. The van der Waals surface area contributed by atoms with Gasteiger partial charge in [0.05, 0.1) is 103 Å². The van der Waals surface area contributed by atoms with E-state index in [9.17, 15) is 53.1 Å². The number of carboxylic acids is 2. The van der Waals surface area contributed by atoms with Gasteiger partial charge >= 0.3 is 11.9 Å². The van der Waals surface area contributed by atoms with Crippen molar-refractivity contribution >= 4 is 115 Å². The largest absolute Gasteiger partial charge is 0.481 e. The van der Waals surface area contributed by atoms with Gasteiger partial charge in [-0.1, -0.05) is 70.7 Å². The summed E-state index contributed by atoms with van der Waals surface area (Å²) in [6.07, 6.45) is 13.8. The Labute approximate surface area is 675 Å². The highest BCUT2D eigenvalue weighted by atomic mass is 32.1. The molecule has 3 aliphatic heterocycles. The molecule has 4 amide bonds. The van der Waals surface area contributed by atoms with E-state index < -0.39 is 47.4 Å². The van der Waals surface area contributed by atoms with Crippen molar-refractivity contribution in [2.45, 2.75) is 176 Å². The number of carbonyl (C=O) groups excluding carboxylic acids is 6. The average Bonchev–Trinajstić information content (AvgIpc) is 0.981. The Morgan fingerprint density at radius 2 is 1.10 bits per heavy atom. The number of carbonyl (C=O) groups is 8. The zero-order chi connectivity index (χ0) is 82.9. The maximum atomic E-state index is 14.0. The third-order valence-electron chi connectivity index (χ3n) is 21.5. The van der Waals surface area contributed by atoms with Crippen LogP contribution in [0.25, 0.3) is 32.5 Å². The van der Waals surface area contributed by atoms with Gasteiger partial charge in [-0.2, -0.15) is 9.97 Å². The van der Waals surface area contributed by atoms with Crippen LogP contribution in [0.4, 0.5) is 34.9 Å². The number of hydrogen-bond acceptors (Lipinski definition) is 26. The molecule has 3 saturated heterocycles. The lowest BCUT2D eigenvalue weighted by molar-refractivity contribution is -0.144. The van der Waals surface area contributed by atoms with Crippen molar-refractivity contribution in [3.63, 3.8) is 0 Å². The minimum atomic E-state index is -0.970. The van der Waals surface area contributed by atoms with Crippen LogP contribution >= 0.6 is 11.3 Å². The van der Waals surface area contributed by atoms with Crippen molar-refractivity contribution in [2.75, 3.05) is 106 Å². The number of pyridine rings is 4. The SMILES string of the molecule is CC(=O)c1c(C)c2cnc(Nc3ccc(N4CCN(C(=O)CCOCCC(=O)N[C@H](C(=O)N5C[C@H](O)C[C@H]5C(=O)NCc5ccc(-c6scnc6C)cc5)C(C)(C)C)CC4)cn3)nc2n(C2CCCC2)c1=O.CC(=O)c1c(C)c2cnc(Nc3ccc(N4CCNCC4)cn3)nc2n(C2CCCC2)c1=O.O=C(O)CCOCCC(=O)O. The molecule has 7 aromatic heterocycles. The summed E-state index contributed by atoms with van der Waals surface area (Å²) in [5.74, 6) is -1.83. The number of aryl methyl sites for hydroxylation is 3. The summed E-state index contributed by atoms with van der Waals surface area (Å²) >= 11 is 1.57. The number of aromatic nitrogens is 9. The topological polar surface area (TPSA) is 423 Å². The van der Waals surface area contributed by atoms with Crippen LogP contribution in [-0.2, 0) is 44.8 Å². The minimum absolute atomic E-state index is 0.0273. The fraction of sp³-hybridized carbons (Fsp3) is 0.500. The summed E-state index contributed by atoms with van der Waals surface area (Å²) in [6, 6.07) is 13.7. The van der Waals surface area contributed by atoms with Gasteiger partial charge in [-0.25, -0.2) is 24.9 Å². The molecule has 8 N–H and O–H groups in total. The number of likely N-dealkylation sites (tertiary alicyclic amines) is 1. The van der Waals surface area contributed by atoms with Crippen molar-refractivity contribution < 1.29 is 63.1 Å². The van der Waals surface area contributed by atoms with E-state index in [1.807, 2.05) is 87.9 Å². The van der Waals surface area contributed by atoms with Crippen molar-refractivity contribution in [2.24, 2.45) is 5.41 Å². The molecule has 0 unspecified atom stereocenters. The molecular formula is C82H104N18O15S. The number of rotatable bonds is 28. The number of hydrogen-bond donors (Lipinski definition) is 8. The summed E-state index contributed by atoms with van der Waals surface area (Å²) in [7, 11) is 0. The number of thiazole rings is 1. The molecule has 3 atom stereocenters. The number of piperazine rings is 2. The van der Waals surface area contributed by atoms with Crippen LogP contribution in [0, 0.1) is 26.2 Å². The predicted molar refractivity (Wildman–Crippen MR) is 438 cm³/mol. The smallest absolute Gasteiger partial charge is 0.305 e. The Balaban J connectivity index is 0.000000245. The normalized spacial score (nSPS) is 16.8. The second-order valence-corrected chi connectivity index (χ2v) is 31.7. The number of anilines is 6. The summed E-state index contributed by atoms with van der Waals surface area (Å²) in [4.78, 5) is 166. The Kier molecular flexibility index (Phi) is 29.2. The van der Waals surface area contributed by atoms with Gasteiger partial charge in [0.15, 0.2) is 11.6 Å². The van der Waals surface area contributed by atoms with E-state index in [4.69, 9.17) is 29.7 Å². The van der Waals surface area contributed by atoms with E-state index in [1.165, 1.54) is 18.7 Å². The highest BCUT2D eigenvalue weighted by Gasteiger charge is 2.45. The first kappa shape index (κ1) is 85.8. The molecule has 0 bridgehead atoms. The van der Waals surface area contributed by atoms with E-state index >= 15 is 0 Å². The van der Waals surface area contributed by atoms with Crippen LogP contribution in [-0.4, -0.2) is 220 Å². The number of aliphatic carboxylic acids is 2. The molecule has 2 saturated carbocycles. The molecule has 0 spiro atoms. The summed E-state index contributed by atoms with van der Waals surface area (Å²) < 4.78 is 13.8. The Hall–Kier alpha value is -11.1. The number of amides is 4. The third-order valence-corrected chi connectivity index (χ3v) is 22.5. The number of aliphatic hydroxyl groups excluding tert-OH is 1. The second-order valence-electron chi connectivity index (χ2n) is 30.8. The molecule has 10 heterocycles. The van der Waals surface area contributed by atoms with Crippen LogP contribution in [0.1, 0.15) is 173 Å². The monoisotopic (exact) mass is 1610 g/mol. The van der Waals surface area contributed by atoms with E-state index in [1.54, 1.807) is 57.8 Å². The van der Waals surface area contributed by atoms with Crippen LogP contribution in [0.3, 0.4) is 0 Å². The number of nitrogens with one attached hydrogen (secondary N) is 5. The van der Waals surface area contributed by atoms with Crippen molar-refractivity contribution in [1.29, 1.82) is 0 Å². The average molecular weight is 1610 g/mol. The maximum absolute atomic E-state index is 14.0. The number of ether oxygens (including phenoxy) is 2. The lowest BCUT2D eigenvalue weighted by Gasteiger charge is -2.36. The van der Waals surface area contributed by atoms with E-state index in [2.05, 4.69) is 61.3 Å². The maximum Gasteiger partial charge on any atom is 0.305 e. The Morgan fingerprint density at radius 1 is 0.612 bits per heavy atom. The molecule has 8 aromatic rings. The third kappa shape index (κ3) is 21.7. The van der Waals surface area contributed by atoms with Gasteiger partial charge in [0.2, 0.25) is 35.5 Å². The van der Waals surface area contributed by atoms with Gasteiger partial charge in [0, 0.05) is 114 Å². The van der Waals surface area contributed by atoms with Gasteiger partial charge < -0.3 is 71.0 Å². The van der Waals surface area contributed by atoms with Gasteiger partial charge in [-0.3, -0.25) is 57.1 Å². The highest BCUT2D eigenvalue weighted by molar-refractivity contribution is 7.13. The quantitative estimate of drug-likeness (QED) is 0.0169. The van der Waals surface area contributed by atoms with Gasteiger partial charge in [-0.05, 0) is 112 Å². The van der Waals surface area contributed by atoms with Crippen molar-refractivity contribution in [3.8, 4) is 10.4 Å². The Morgan fingerprint density at radius 3 is 1.56 bits per heavy atom. The van der Waals surface area contributed by atoms with Crippen molar-refractivity contribution in [3.05, 3.63) is 133 Å². The van der Waals surface area contributed by atoms with Crippen LogP contribution in [0.2, 0.25) is 0 Å². The lowest BCUT2D eigenvalue weighted by Crippen LogP contribution is -2.57. The fourth-order valence-electron chi connectivity index (χ4n) is 15.3. The summed E-state index contributed by atoms with van der Waals surface area (Å²) in [5, 5.41) is 43.7. The minimum Gasteiger partial charge on any atom is -0.481 e. The van der Waals surface area contributed by atoms with Crippen LogP contribution in [0.5, 0.6) is 0 Å². The van der Waals surface area contributed by atoms with E-state index in [0.717, 1.165) is 116 Å². The first-order valence-corrected chi connectivity index (χ1v) is 40.4. The first-order chi connectivity index (χ1) is 55.6. The van der Waals surface area contributed by atoms with Crippen molar-refractivity contribution in [1.82, 2.24) is 69.8 Å².